The summed E-state index contributed by atoms with van der Waals surface area (Å²) in [4.78, 5) is 4.85. The number of benzene rings is 2. The number of aliphatic imine (C=N–C) groups is 1. The molecule has 0 unspecified atom stereocenters. The van der Waals surface area contributed by atoms with Gasteiger partial charge in [-0.2, -0.15) is 0 Å². The number of nitrogens with zero attached hydrogens (tertiary/aromatic N) is 1. The van der Waals surface area contributed by atoms with E-state index in [0.29, 0.717) is 0 Å². The third-order valence-electron chi connectivity index (χ3n) is 3.38. The summed E-state index contributed by atoms with van der Waals surface area (Å²) >= 11 is 0. The Labute approximate surface area is 128 Å². The van der Waals surface area contributed by atoms with Crippen LogP contribution in [0, 0.1) is 6.07 Å². The summed E-state index contributed by atoms with van der Waals surface area (Å²) in [6.45, 7) is 0. The van der Waals surface area contributed by atoms with Crippen molar-refractivity contribution in [3.8, 4) is 0 Å². The van der Waals surface area contributed by atoms with Gasteiger partial charge >= 0.3 is 0 Å². The van der Waals surface area contributed by atoms with Crippen LogP contribution >= 0.6 is 0 Å². The molecular formula is C17H16IrN-. The molecule has 99 valence electrons. The van der Waals surface area contributed by atoms with E-state index in [9.17, 15) is 0 Å². The van der Waals surface area contributed by atoms with Gasteiger partial charge in [0.2, 0.25) is 0 Å². The summed E-state index contributed by atoms with van der Waals surface area (Å²) in [6, 6.07) is 19.9. The summed E-state index contributed by atoms with van der Waals surface area (Å²) in [6.07, 6.45) is 4.64. The van der Waals surface area contributed by atoms with Gasteiger partial charge in [0.05, 0.1) is 5.69 Å². The predicted molar refractivity (Wildman–Crippen MR) is 75.5 cm³/mol. The molecule has 1 heterocycles. The number of para-hydroxylation sites is 1. The van der Waals surface area contributed by atoms with E-state index in [-0.39, 0.29) is 20.1 Å². The third kappa shape index (κ3) is 3.40. The van der Waals surface area contributed by atoms with Crippen LogP contribution in [0.2, 0.25) is 0 Å². The topological polar surface area (TPSA) is 12.4 Å². The monoisotopic (exact) mass is 427 g/mol. The maximum absolute atomic E-state index is 4.85. The molecule has 1 aliphatic heterocycles. The Hall–Kier alpha value is -1.24. The van der Waals surface area contributed by atoms with Gasteiger partial charge in [0.1, 0.15) is 0 Å². The van der Waals surface area contributed by atoms with Crippen molar-refractivity contribution in [3.63, 3.8) is 0 Å². The van der Waals surface area contributed by atoms with Crippen LogP contribution in [0.4, 0.5) is 5.69 Å². The SMILES string of the molecule is [Ir].[c-]1ccccc1C1=Nc2ccccc2CCCC1. The molecular weight excluding hydrogens is 410 g/mol. The number of rotatable bonds is 1. The van der Waals surface area contributed by atoms with Gasteiger partial charge < -0.3 is 4.99 Å². The molecule has 0 spiro atoms. The van der Waals surface area contributed by atoms with Crippen LogP contribution in [0.5, 0.6) is 0 Å². The van der Waals surface area contributed by atoms with Crippen molar-refractivity contribution in [2.75, 3.05) is 0 Å². The van der Waals surface area contributed by atoms with Crippen molar-refractivity contribution in [3.05, 3.63) is 65.7 Å². The van der Waals surface area contributed by atoms with E-state index in [2.05, 4.69) is 42.5 Å². The van der Waals surface area contributed by atoms with E-state index in [1.165, 1.54) is 24.1 Å². The van der Waals surface area contributed by atoms with Gasteiger partial charge in [0.25, 0.3) is 0 Å². The molecule has 1 nitrogen and oxygen atoms in total. The van der Waals surface area contributed by atoms with Gasteiger partial charge in [-0.1, -0.05) is 24.6 Å². The Bertz CT molecular complexity index is 560. The minimum absolute atomic E-state index is 0. The summed E-state index contributed by atoms with van der Waals surface area (Å²) < 4.78 is 0. The van der Waals surface area contributed by atoms with Crippen LogP contribution in [0.1, 0.15) is 30.4 Å². The van der Waals surface area contributed by atoms with Gasteiger partial charge in [-0.3, -0.25) is 0 Å². The zero-order valence-electron chi connectivity index (χ0n) is 10.7. The molecule has 3 rings (SSSR count). The first-order valence-electron chi connectivity index (χ1n) is 6.56. The first kappa shape index (κ1) is 14.2. The Morgan fingerprint density at radius 3 is 2.53 bits per heavy atom. The Kier molecular flexibility index (Phi) is 5.07. The van der Waals surface area contributed by atoms with E-state index in [0.717, 1.165) is 24.1 Å². The number of fused-ring (bicyclic) bond motifs is 1. The third-order valence-corrected chi connectivity index (χ3v) is 3.38. The molecule has 1 radical (unpaired) electrons. The molecule has 0 atom stereocenters. The first-order chi connectivity index (χ1) is 8.93. The van der Waals surface area contributed by atoms with E-state index < -0.39 is 0 Å². The second-order valence-corrected chi connectivity index (χ2v) is 4.67. The Balaban J connectivity index is 0.00000133. The largest absolute Gasteiger partial charge is 0.301 e. The Morgan fingerprint density at radius 1 is 0.895 bits per heavy atom. The molecule has 1 aliphatic rings. The molecule has 0 saturated carbocycles. The standard InChI is InChI=1S/C17H16N.Ir/c1-2-8-14(9-3-1)16-12-6-4-10-15-11-5-7-13-17(15)18-16;/h1-3,5,7-8,11,13H,4,6,10,12H2;/q-1;. The summed E-state index contributed by atoms with van der Waals surface area (Å²) in [7, 11) is 0. The van der Waals surface area contributed by atoms with Crippen LogP contribution in [-0.2, 0) is 26.5 Å². The second-order valence-electron chi connectivity index (χ2n) is 4.67. The van der Waals surface area contributed by atoms with Gasteiger partial charge in [-0.15, -0.1) is 35.9 Å². The van der Waals surface area contributed by atoms with E-state index in [1.807, 2.05) is 12.1 Å². The van der Waals surface area contributed by atoms with E-state index in [4.69, 9.17) is 4.99 Å². The van der Waals surface area contributed by atoms with Gasteiger partial charge in [0.15, 0.2) is 0 Å². The van der Waals surface area contributed by atoms with Crippen LogP contribution in [0.15, 0.2) is 53.5 Å². The van der Waals surface area contributed by atoms with Crippen LogP contribution < -0.4 is 0 Å². The molecule has 0 N–H and O–H groups in total. The minimum atomic E-state index is 0. The van der Waals surface area contributed by atoms with E-state index >= 15 is 0 Å². The first-order valence-corrected chi connectivity index (χ1v) is 6.56. The molecule has 2 heteroatoms. The van der Waals surface area contributed by atoms with Gasteiger partial charge in [-0.05, 0) is 36.6 Å². The quantitative estimate of drug-likeness (QED) is 0.602. The normalized spacial score (nSPS) is 14.4. The fraction of sp³-hybridized carbons (Fsp3) is 0.235. The van der Waals surface area contributed by atoms with E-state index in [1.54, 1.807) is 0 Å². The fourth-order valence-corrected chi connectivity index (χ4v) is 2.41. The molecule has 0 fully saturated rings. The average Bonchev–Trinajstić information content (AvgIpc) is 2.41. The average molecular weight is 427 g/mol. The number of hydrogen-bond donors (Lipinski definition) is 0. The zero-order chi connectivity index (χ0) is 12.2. The zero-order valence-corrected chi connectivity index (χ0v) is 13.1. The smallest absolute Gasteiger partial charge is 0.0551 e. The second kappa shape index (κ2) is 6.79. The van der Waals surface area contributed by atoms with Crippen LogP contribution in [-0.4, -0.2) is 5.71 Å². The van der Waals surface area contributed by atoms with Crippen molar-refractivity contribution in [2.45, 2.75) is 25.7 Å². The van der Waals surface area contributed by atoms with Crippen LogP contribution in [0.25, 0.3) is 0 Å². The van der Waals surface area contributed by atoms with Crippen molar-refractivity contribution in [1.29, 1.82) is 0 Å². The molecule has 2 aromatic carbocycles. The maximum atomic E-state index is 4.85. The van der Waals surface area contributed by atoms with Crippen molar-refractivity contribution >= 4 is 11.4 Å². The summed E-state index contributed by atoms with van der Waals surface area (Å²) in [5.74, 6) is 0. The number of hydrogen-bond acceptors (Lipinski definition) is 1. The predicted octanol–water partition coefficient (Wildman–Crippen LogP) is 4.33. The molecule has 0 bridgehead atoms. The summed E-state index contributed by atoms with van der Waals surface area (Å²) in [5.41, 5.74) is 4.80. The van der Waals surface area contributed by atoms with Crippen molar-refractivity contribution < 1.29 is 20.1 Å². The van der Waals surface area contributed by atoms with Gasteiger partial charge in [0, 0.05) is 20.1 Å². The minimum Gasteiger partial charge on any atom is -0.301 e. The molecule has 0 aliphatic carbocycles. The van der Waals surface area contributed by atoms with Crippen molar-refractivity contribution in [1.82, 2.24) is 0 Å². The van der Waals surface area contributed by atoms with Crippen molar-refractivity contribution in [2.24, 2.45) is 4.99 Å². The molecule has 0 saturated heterocycles. The molecule has 0 amide bonds. The fourth-order valence-electron chi connectivity index (χ4n) is 2.41. The van der Waals surface area contributed by atoms with Gasteiger partial charge in [-0.25, -0.2) is 0 Å². The summed E-state index contributed by atoms with van der Waals surface area (Å²) in [5, 5.41) is 0. The number of aryl methyl sites for hydroxylation is 1. The maximum Gasteiger partial charge on any atom is 0.0551 e. The molecule has 19 heavy (non-hydrogen) atoms. The Morgan fingerprint density at radius 2 is 1.68 bits per heavy atom. The van der Waals surface area contributed by atoms with Crippen LogP contribution in [0.3, 0.4) is 0 Å². The molecule has 0 aromatic heterocycles. The molecule has 2 aromatic rings.